The minimum Gasteiger partial charge on any atom is -0.460 e. The van der Waals surface area contributed by atoms with Gasteiger partial charge in [-0.25, -0.2) is 19.2 Å². The third-order valence-electron chi connectivity index (χ3n) is 2.86. The smallest absolute Gasteiger partial charge is 0.331 e. The minimum absolute atomic E-state index is 0.0363. The third kappa shape index (κ3) is 10.9. The van der Waals surface area contributed by atoms with Gasteiger partial charge in [0, 0.05) is 40.3 Å². The van der Waals surface area contributed by atoms with Crippen molar-refractivity contribution in [3.63, 3.8) is 0 Å². The molecule has 0 aromatic carbocycles. The topological polar surface area (TPSA) is 117 Å². The molecule has 0 aliphatic rings. The van der Waals surface area contributed by atoms with Crippen LogP contribution < -0.4 is 10.6 Å². The van der Waals surface area contributed by atoms with Gasteiger partial charge in [-0.3, -0.25) is 0 Å². The molecule has 0 aromatic rings. The Morgan fingerprint density at radius 3 is 1.35 bits per heavy atom. The van der Waals surface area contributed by atoms with Crippen LogP contribution in [0.5, 0.6) is 0 Å². The first kappa shape index (κ1) is 23.2. The fourth-order valence-electron chi connectivity index (χ4n) is 1.41. The molecule has 0 aliphatic carbocycles. The number of rotatable bonds is 8. The van der Waals surface area contributed by atoms with Gasteiger partial charge in [0.25, 0.3) is 0 Å². The van der Waals surface area contributed by atoms with Crippen molar-refractivity contribution < 1.29 is 28.7 Å². The Morgan fingerprint density at radius 1 is 0.769 bits per heavy atom. The first-order valence-corrected chi connectivity index (χ1v) is 8.00. The number of nitrogens with zero attached hydrogens (tertiary/aromatic N) is 2. The number of carbonyl (C=O) groups is 4. The minimum atomic E-state index is -0.734. The number of carbonyl (C=O) groups excluding carboxylic acids is 4. The van der Waals surface area contributed by atoms with E-state index >= 15 is 0 Å². The molecule has 0 saturated carbocycles. The molecular weight excluding hydrogens is 344 g/mol. The highest BCUT2D eigenvalue weighted by Crippen LogP contribution is 1.92. The monoisotopic (exact) mass is 372 g/mol. The van der Waals surface area contributed by atoms with E-state index in [2.05, 4.69) is 10.6 Å². The zero-order valence-corrected chi connectivity index (χ0v) is 16.1. The average Bonchev–Trinajstić information content (AvgIpc) is 2.55. The molecule has 0 saturated heterocycles. The second kappa shape index (κ2) is 11.7. The van der Waals surface area contributed by atoms with Gasteiger partial charge in [-0.2, -0.15) is 0 Å². The van der Waals surface area contributed by atoms with E-state index in [1.165, 1.54) is 9.80 Å². The van der Waals surface area contributed by atoms with Crippen LogP contribution >= 0.6 is 0 Å². The maximum absolute atomic E-state index is 11.5. The number of amides is 4. The van der Waals surface area contributed by atoms with Crippen LogP contribution in [0.3, 0.4) is 0 Å². The van der Waals surface area contributed by atoms with E-state index < -0.39 is 11.9 Å². The summed E-state index contributed by atoms with van der Waals surface area (Å²) in [7, 11) is 6.37. The number of hydrogen-bond acceptors (Lipinski definition) is 6. The van der Waals surface area contributed by atoms with Crippen LogP contribution in [0.25, 0.3) is 0 Å². The van der Waals surface area contributed by atoms with Crippen molar-refractivity contribution in [3.8, 4) is 0 Å². The number of ether oxygens (including phenoxy) is 2. The number of esters is 2. The summed E-state index contributed by atoms with van der Waals surface area (Å²) in [6.45, 7) is 3.28. The Hall–Kier alpha value is -2.78. The van der Waals surface area contributed by atoms with Crippen molar-refractivity contribution in [1.29, 1.82) is 0 Å². The average molecular weight is 372 g/mol. The Bertz CT molecular complexity index is 487. The predicted molar refractivity (Wildman–Crippen MR) is 94.4 cm³/mol. The van der Waals surface area contributed by atoms with Crippen LogP contribution in [0.1, 0.15) is 13.8 Å². The van der Waals surface area contributed by atoms with Crippen LogP contribution in [0, 0.1) is 0 Å². The van der Waals surface area contributed by atoms with Gasteiger partial charge in [0.05, 0.1) is 12.1 Å². The van der Waals surface area contributed by atoms with E-state index in [4.69, 9.17) is 9.47 Å². The summed E-state index contributed by atoms with van der Waals surface area (Å²) in [5, 5.41) is 5.22. The standard InChI is InChI=1S/C16H28N4O6/c1-11(17-15(23)19(3)4)9-25-13(21)7-8-14(22)26-10-12(2)18-16(24)20(5)6/h7-8,11-12H,9-10H2,1-6H3,(H,17,23)(H,18,24)/b8-7+/t11-,12-/m0/s1. The molecule has 0 radical (unpaired) electrons. The normalized spacial score (nSPS) is 12.7. The maximum atomic E-state index is 11.5. The van der Waals surface area contributed by atoms with Gasteiger partial charge in [0.1, 0.15) is 13.2 Å². The number of hydrogen-bond donors (Lipinski definition) is 2. The SMILES string of the molecule is C[C@@H](COC(=O)/C=C/C(=O)OC[C@H](C)NC(=O)N(C)C)NC(=O)N(C)C. The Kier molecular flexibility index (Phi) is 10.5. The highest BCUT2D eigenvalue weighted by Gasteiger charge is 2.12. The molecule has 0 bridgehead atoms. The molecular formula is C16H28N4O6. The molecule has 10 heteroatoms. The van der Waals surface area contributed by atoms with E-state index in [0.29, 0.717) is 0 Å². The van der Waals surface area contributed by atoms with Gasteiger partial charge < -0.3 is 29.9 Å². The lowest BCUT2D eigenvalue weighted by Gasteiger charge is -2.17. The summed E-state index contributed by atoms with van der Waals surface area (Å²) >= 11 is 0. The molecule has 2 N–H and O–H groups in total. The summed E-state index contributed by atoms with van der Waals surface area (Å²) in [5.74, 6) is -1.47. The van der Waals surface area contributed by atoms with Gasteiger partial charge in [0.15, 0.2) is 0 Å². The highest BCUT2D eigenvalue weighted by atomic mass is 16.5. The van der Waals surface area contributed by atoms with Crippen molar-refractivity contribution >= 4 is 24.0 Å². The molecule has 0 fully saturated rings. The van der Waals surface area contributed by atoms with Crippen LogP contribution in [-0.2, 0) is 19.1 Å². The zero-order chi connectivity index (χ0) is 20.3. The van der Waals surface area contributed by atoms with Crippen LogP contribution in [0.15, 0.2) is 12.2 Å². The van der Waals surface area contributed by atoms with Gasteiger partial charge in [-0.1, -0.05) is 0 Å². The Morgan fingerprint density at radius 2 is 1.08 bits per heavy atom. The van der Waals surface area contributed by atoms with Crippen molar-refractivity contribution in [1.82, 2.24) is 20.4 Å². The van der Waals surface area contributed by atoms with Crippen molar-refractivity contribution in [2.24, 2.45) is 0 Å². The molecule has 10 nitrogen and oxygen atoms in total. The lowest BCUT2D eigenvalue weighted by Crippen LogP contribution is -2.42. The predicted octanol–water partition coefficient (Wildman–Crippen LogP) is -0.0516. The molecule has 148 valence electrons. The molecule has 0 unspecified atom stereocenters. The van der Waals surface area contributed by atoms with E-state index in [1.54, 1.807) is 42.0 Å². The van der Waals surface area contributed by atoms with Crippen molar-refractivity contribution in [2.45, 2.75) is 25.9 Å². The fourth-order valence-corrected chi connectivity index (χ4v) is 1.41. The van der Waals surface area contributed by atoms with Crippen LogP contribution in [-0.4, -0.2) is 87.3 Å². The lowest BCUT2D eigenvalue weighted by molar-refractivity contribution is -0.141. The summed E-state index contributed by atoms with van der Waals surface area (Å²) in [4.78, 5) is 48.6. The van der Waals surface area contributed by atoms with Crippen molar-refractivity contribution in [2.75, 3.05) is 41.4 Å². The lowest BCUT2D eigenvalue weighted by atomic mass is 10.3. The summed E-state index contributed by atoms with van der Waals surface area (Å²) in [6.07, 6.45) is 1.87. The van der Waals surface area contributed by atoms with E-state index in [0.717, 1.165) is 12.2 Å². The van der Waals surface area contributed by atoms with Gasteiger partial charge in [-0.15, -0.1) is 0 Å². The number of urea groups is 2. The highest BCUT2D eigenvalue weighted by molar-refractivity contribution is 5.91. The fraction of sp³-hybridized carbons (Fsp3) is 0.625. The van der Waals surface area contributed by atoms with E-state index in [-0.39, 0.29) is 37.4 Å². The molecule has 0 rings (SSSR count). The molecule has 0 spiro atoms. The zero-order valence-electron chi connectivity index (χ0n) is 16.1. The van der Waals surface area contributed by atoms with Crippen molar-refractivity contribution in [3.05, 3.63) is 12.2 Å². The number of nitrogens with one attached hydrogen (secondary N) is 2. The molecule has 0 aromatic heterocycles. The van der Waals surface area contributed by atoms with Crippen LogP contribution in [0.4, 0.5) is 9.59 Å². The second-order valence-corrected chi connectivity index (χ2v) is 6.08. The van der Waals surface area contributed by atoms with E-state index in [9.17, 15) is 19.2 Å². The molecule has 2 atom stereocenters. The Labute approximate surface area is 153 Å². The molecule has 0 heterocycles. The summed E-state index contributed by atoms with van der Waals surface area (Å²) in [6, 6.07) is -1.36. The molecule has 26 heavy (non-hydrogen) atoms. The van der Waals surface area contributed by atoms with Gasteiger partial charge in [-0.05, 0) is 13.8 Å². The quantitative estimate of drug-likeness (QED) is 0.456. The van der Waals surface area contributed by atoms with E-state index in [1.807, 2.05) is 0 Å². The summed E-state index contributed by atoms with van der Waals surface area (Å²) in [5.41, 5.74) is 0. The molecule has 4 amide bonds. The maximum Gasteiger partial charge on any atom is 0.331 e. The van der Waals surface area contributed by atoms with Crippen LogP contribution in [0.2, 0.25) is 0 Å². The Balaban J connectivity index is 4.10. The summed E-state index contributed by atoms with van der Waals surface area (Å²) < 4.78 is 9.82. The second-order valence-electron chi connectivity index (χ2n) is 6.08. The largest absolute Gasteiger partial charge is 0.460 e. The first-order valence-electron chi connectivity index (χ1n) is 8.00. The van der Waals surface area contributed by atoms with Gasteiger partial charge in [0.2, 0.25) is 0 Å². The molecule has 0 aliphatic heterocycles. The first-order chi connectivity index (χ1) is 12.0. The third-order valence-corrected chi connectivity index (χ3v) is 2.86. The van der Waals surface area contributed by atoms with Gasteiger partial charge >= 0.3 is 24.0 Å².